The molecule has 1 saturated heterocycles. The Balaban J connectivity index is 1.07. The lowest BCUT2D eigenvalue weighted by atomic mass is 9.96. The van der Waals surface area contributed by atoms with Crippen molar-refractivity contribution in [2.45, 2.75) is 19.4 Å². The Morgan fingerprint density at radius 2 is 1.69 bits per heavy atom. The van der Waals surface area contributed by atoms with Gasteiger partial charge in [-0.2, -0.15) is 9.61 Å². The van der Waals surface area contributed by atoms with Gasteiger partial charge in [-0.3, -0.25) is 4.90 Å². The van der Waals surface area contributed by atoms with Crippen LogP contribution >= 0.6 is 11.6 Å². The number of nitrogens with one attached hydrogen (secondary N) is 1. The lowest BCUT2D eigenvalue weighted by Gasteiger charge is -2.32. The standard InChI is InChI=1S/C31H31BClN5O/c32-27-20-35-38-30(18-29(36-31(27)38)26-11-4-5-12-28(26)33)34-19-22-13-15-37(16-14-22)21-23-7-6-10-25(17-23)39-24-8-2-1-3-9-24/h1-12,17-18,20,22,34H,13-16,19,21,32H2. The summed E-state index contributed by atoms with van der Waals surface area (Å²) in [6, 6.07) is 28.3. The Morgan fingerprint density at radius 3 is 2.51 bits per heavy atom. The van der Waals surface area contributed by atoms with Crippen molar-refractivity contribution in [3.8, 4) is 22.8 Å². The van der Waals surface area contributed by atoms with E-state index >= 15 is 0 Å². The van der Waals surface area contributed by atoms with E-state index in [9.17, 15) is 0 Å². The number of piperidine rings is 1. The molecule has 0 radical (unpaired) electrons. The average Bonchev–Trinajstić information content (AvgIpc) is 3.34. The smallest absolute Gasteiger partial charge is 0.151 e. The molecule has 1 aliphatic heterocycles. The number of hydrogen-bond acceptors (Lipinski definition) is 5. The number of para-hydroxylation sites is 1. The van der Waals surface area contributed by atoms with Crippen molar-refractivity contribution in [3.63, 3.8) is 0 Å². The first kappa shape index (κ1) is 25.5. The fourth-order valence-corrected chi connectivity index (χ4v) is 5.43. The molecule has 1 aliphatic rings. The zero-order chi connectivity index (χ0) is 26.6. The van der Waals surface area contributed by atoms with Gasteiger partial charge in [-0.25, -0.2) is 4.98 Å². The van der Waals surface area contributed by atoms with E-state index in [4.69, 9.17) is 21.3 Å². The molecule has 196 valence electrons. The minimum Gasteiger partial charge on any atom is -0.457 e. The summed E-state index contributed by atoms with van der Waals surface area (Å²) in [7, 11) is 2.04. The van der Waals surface area contributed by atoms with Gasteiger partial charge in [0, 0.05) is 35.9 Å². The number of fused-ring (bicyclic) bond motifs is 1. The molecule has 6 nitrogen and oxygen atoms in total. The van der Waals surface area contributed by atoms with Crippen LogP contribution in [0.4, 0.5) is 5.82 Å². The van der Waals surface area contributed by atoms with Crippen LogP contribution in [0.3, 0.4) is 0 Å². The predicted molar refractivity (Wildman–Crippen MR) is 161 cm³/mol. The third-order valence-electron chi connectivity index (χ3n) is 7.36. The average molecular weight is 536 g/mol. The summed E-state index contributed by atoms with van der Waals surface area (Å²) in [4.78, 5) is 7.40. The van der Waals surface area contributed by atoms with E-state index in [1.54, 1.807) is 0 Å². The van der Waals surface area contributed by atoms with Crippen LogP contribution in [0, 0.1) is 5.92 Å². The second kappa shape index (κ2) is 11.5. The highest BCUT2D eigenvalue weighted by Gasteiger charge is 2.20. The van der Waals surface area contributed by atoms with Gasteiger partial charge >= 0.3 is 0 Å². The summed E-state index contributed by atoms with van der Waals surface area (Å²) in [6.07, 6.45) is 4.16. The number of anilines is 1. The maximum absolute atomic E-state index is 6.50. The van der Waals surface area contributed by atoms with Crippen LogP contribution < -0.4 is 15.5 Å². The van der Waals surface area contributed by atoms with E-state index in [0.29, 0.717) is 10.9 Å². The van der Waals surface area contributed by atoms with Crippen LogP contribution in [-0.2, 0) is 6.54 Å². The summed E-state index contributed by atoms with van der Waals surface area (Å²) < 4.78 is 7.93. The normalized spacial score (nSPS) is 14.5. The Morgan fingerprint density at radius 1 is 0.923 bits per heavy atom. The Labute approximate surface area is 235 Å². The molecule has 0 atom stereocenters. The molecule has 0 saturated carbocycles. The summed E-state index contributed by atoms with van der Waals surface area (Å²) in [5, 5.41) is 8.95. The number of hydrogen-bond donors (Lipinski definition) is 1. The van der Waals surface area contributed by atoms with Gasteiger partial charge in [0.25, 0.3) is 0 Å². The highest BCUT2D eigenvalue weighted by molar-refractivity contribution is 6.36. The highest BCUT2D eigenvalue weighted by Crippen LogP contribution is 2.29. The van der Waals surface area contributed by atoms with Crippen molar-refractivity contribution in [2.24, 2.45) is 5.92 Å². The lowest BCUT2D eigenvalue weighted by molar-refractivity contribution is 0.182. The fourth-order valence-electron chi connectivity index (χ4n) is 5.19. The third kappa shape index (κ3) is 5.95. The molecular formula is C31H31BClN5O. The monoisotopic (exact) mass is 535 g/mol. The van der Waals surface area contributed by atoms with Gasteiger partial charge in [-0.15, -0.1) is 0 Å². The molecule has 3 heterocycles. The first-order chi connectivity index (χ1) is 19.1. The molecule has 5 aromatic rings. The highest BCUT2D eigenvalue weighted by atomic mass is 35.5. The van der Waals surface area contributed by atoms with E-state index in [0.717, 1.165) is 78.7 Å². The van der Waals surface area contributed by atoms with Crippen molar-refractivity contribution in [2.75, 3.05) is 25.0 Å². The molecule has 2 aromatic heterocycles. The van der Waals surface area contributed by atoms with Crippen molar-refractivity contribution in [1.29, 1.82) is 0 Å². The Hall–Kier alpha value is -3.81. The van der Waals surface area contributed by atoms with E-state index in [-0.39, 0.29) is 0 Å². The van der Waals surface area contributed by atoms with Crippen LogP contribution in [0.15, 0.2) is 91.1 Å². The molecule has 0 unspecified atom stereocenters. The fraction of sp³-hybridized carbons (Fsp3) is 0.226. The van der Waals surface area contributed by atoms with E-state index in [1.807, 2.05) is 79.2 Å². The predicted octanol–water partition coefficient (Wildman–Crippen LogP) is 5.42. The van der Waals surface area contributed by atoms with Gasteiger partial charge in [0.2, 0.25) is 0 Å². The van der Waals surface area contributed by atoms with E-state index in [1.165, 1.54) is 5.56 Å². The van der Waals surface area contributed by atoms with Gasteiger partial charge in [0.15, 0.2) is 5.65 Å². The molecule has 39 heavy (non-hydrogen) atoms. The molecule has 1 fully saturated rings. The third-order valence-corrected chi connectivity index (χ3v) is 7.69. The second-order valence-corrected chi connectivity index (χ2v) is 10.6. The first-order valence-electron chi connectivity index (χ1n) is 13.5. The maximum atomic E-state index is 6.50. The van der Waals surface area contributed by atoms with E-state index in [2.05, 4.69) is 39.6 Å². The van der Waals surface area contributed by atoms with Gasteiger partial charge < -0.3 is 10.1 Å². The number of benzene rings is 3. The van der Waals surface area contributed by atoms with Crippen molar-refractivity contribution < 1.29 is 4.74 Å². The quantitative estimate of drug-likeness (QED) is 0.269. The number of nitrogens with zero attached hydrogens (tertiary/aromatic N) is 4. The molecule has 3 aromatic carbocycles. The molecule has 0 amide bonds. The van der Waals surface area contributed by atoms with Crippen LogP contribution in [0.1, 0.15) is 18.4 Å². The van der Waals surface area contributed by atoms with Crippen LogP contribution in [-0.4, -0.2) is 47.0 Å². The zero-order valence-corrected chi connectivity index (χ0v) is 22.8. The van der Waals surface area contributed by atoms with Crippen molar-refractivity contribution in [3.05, 3.63) is 102 Å². The van der Waals surface area contributed by atoms with Crippen LogP contribution in [0.5, 0.6) is 11.5 Å². The number of likely N-dealkylation sites (tertiary alicyclic amines) is 1. The molecule has 0 aliphatic carbocycles. The zero-order valence-electron chi connectivity index (χ0n) is 22.1. The maximum Gasteiger partial charge on any atom is 0.151 e. The minimum atomic E-state index is 0.595. The van der Waals surface area contributed by atoms with Crippen molar-refractivity contribution >= 4 is 36.4 Å². The molecule has 1 N–H and O–H groups in total. The summed E-state index contributed by atoms with van der Waals surface area (Å²) in [6.45, 7) is 3.99. The number of aromatic nitrogens is 3. The largest absolute Gasteiger partial charge is 0.457 e. The van der Waals surface area contributed by atoms with Gasteiger partial charge in [-0.05, 0) is 73.2 Å². The summed E-state index contributed by atoms with van der Waals surface area (Å²) in [5.41, 5.74) is 4.95. The molecule has 0 bridgehead atoms. The molecule has 0 spiro atoms. The number of rotatable bonds is 8. The van der Waals surface area contributed by atoms with Gasteiger partial charge in [0.1, 0.15) is 25.2 Å². The molecule has 6 rings (SSSR count). The lowest BCUT2D eigenvalue weighted by Crippen LogP contribution is -2.35. The SMILES string of the molecule is Bc1cnn2c(NCC3CCN(Cc4cccc(Oc5ccccc5)c4)CC3)cc(-c3ccccc3Cl)nc12. The topological polar surface area (TPSA) is 54.7 Å². The van der Waals surface area contributed by atoms with Gasteiger partial charge in [0.05, 0.1) is 5.69 Å². The van der Waals surface area contributed by atoms with Crippen molar-refractivity contribution in [1.82, 2.24) is 19.5 Å². The minimum absolute atomic E-state index is 0.595. The number of ether oxygens (including phenoxy) is 1. The van der Waals surface area contributed by atoms with E-state index < -0.39 is 0 Å². The Bertz CT molecular complexity index is 1570. The summed E-state index contributed by atoms with van der Waals surface area (Å²) >= 11 is 6.50. The first-order valence-corrected chi connectivity index (χ1v) is 13.9. The number of halogens is 1. The second-order valence-electron chi connectivity index (χ2n) is 10.2. The molecule has 8 heteroatoms. The summed E-state index contributed by atoms with van der Waals surface area (Å²) in [5.74, 6) is 3.28. The molecular weight excluding hydrogens is 505 g/mol. The van der Waals surface area contributed by atoms with Gasteiger partial charge in [-0.1, -0.05) is 60.1 Å². The van der Waals surface area contributed by atoms with Crippen LogP contribution in [0.25, 0.3) is 16.9 Å². The van der Waals surface area contributed by atoms with Crippen LogP contribution in [0.2, 0.25) is 5.02 Å². The Kier molecular flexibility index (Phi) is 7.52.